The lowest BCUT2D eigenvalue weighted by atomic mass is 10.1. The van der Waals surface area contributed by atoms with E-state index >= 15 is 0 Å². The van der Waals surface area contributed by atoms with Crippen molar-refractivity contribution in [3.63, 3.8) is 0 Å². The molecule has 1 fully saturated rings. The first-order valence-corrected chi connectivity index (χ1v) is 8.82. The van der Waals surface area contributed by atoms with E-state index in [0.717, 1.165) is 16.0 Å². The van der Waals surface area contributed by atoms with E-state index in [9.17, 15) is 14.7 Å². The average molecular weight is 387 g/mol. The van der Waals surface area contributed by atoms with Crippen LogP contribution in [0.4, 0.5) is 4.79 Å². The topological polar surface area (TPSA) is 78.9 Å². The van der Waals surface area contributed by atoms with Crippen LogP contribution in [0.15, 0.2) is 42.1 Å². The second-order valence-corrected chi connectivity index (χ2v) is 6.55. The van der Waals surface area contributed by atoms with Crippen LogP contribution < -0.4 is 10.1 Å². The number of halogens is 1. The lowest BCUT2D eigenvalue weighted by Gasteiger charge is -2.12. The molecule has 0 aliphatic carbocycles. The minimum atomic E-state index is -0.485. The van der Waals surface area contributed by atoms with Crippen molar-refractivity contribution in [2.75, 3.05) is 6.61 Å². The van der Waals surface area contributed by atoms with Crippen LogP contribution in [0, 0.1) is 6.92 Å². The number of nitrogens with zero attached hydrogens (tertiary/aromatic N) is 1. The summed E-state index contributed by atoms with van der Waals surface area (Å²) in [5.41, 5.74) is 2.63. The summed E-state index contributed by atoms with van der Waals surface area (Å²) in [4.78, 5) is 26.0. The highest BCUT2D eigenvalue weighted by atomic mass is 35.5. The standard InChI is InChI=1S/C20H19ClN2O4/c1-3-27-17-10-14(8-15(21)18(17)24)9-16-19(25)23(20(26)22-16)11-13-6-4-12(2)5-7-13/h4-10,24H,3,11H2,1-2H3,(H,22,26)/b16-9+. The number of ether oxygens (including phenoxy) is 1. The van der Waals surface area contributed by atoms with Gasteiger partial charge in [-0.1, -0.05) is 41.4 Å². The minimum Gasteiger partial charge on any atom is -0.503 e. The normalized spacial score (nSPS) is 15.4. The molecule has 1 aliphatic rings. The van der Waals surface area contributed by atoms with Crippen molar-refractivity contribution in [2.24, 2.45) is 0 Å². The minimum absolute atomic E-state index is 0.0982. The van der Waals surface area contributed by atoms with E-state index in [2.05, 4.69) is 5.32 Å². The van der Waals surface area contributed by atoms with Crippen LogP contribution in [0.25, 0.3) is 6.08 Å². The number of benzene rings is 2. The number of hydrogen-bond donors (Lipinski definition) is 2. The molecule has 0 unspecified atom stereocenters. The third-order valence-electron chi connectivity index (χ3n) is 4.09. The predicted molar refractivity (Wildman–Crippen MR) is 103 cm³/mol. The number of imide groups is 1. The molecule has 0 radical (unpaired) electrons. The van der Waals surface area contributed by atoms with E-state index in [1.165, 1.54) is 12.1 Å². The highest BCUT2D eigenvalue weighted by Crippen LogP contribution is 2.36. The number of hydrogen-bond acceptors (Lipinski definition) is 4. The first-order valence-electron chi connectivity index (χ1n) is 8.44. The summed E-state index contributed by atoms with van der Waals surface area (Å²) >= 11 is 6.01. The first-order chi connectivity index (χ1) is 12.9. The Bertz CT molecular complexity index is 922. The van der Waals surface area contributed by atoms with Gasteiger partial charge in [0.1, 0.15) is 5.70 Å². The number of aryl methyl sites for hydroxylation is 1. The molecular weight excluding hydrogens is 368 g/mol. The maximum absolute atomic E-state index is 12.6. The molecule has 2 aromatic carbocycles. The number of phenolic OH excluding ortho intramolecular Hbond substituents is 1. The van der Waals surface area contributed by atoms with Gasteiger partial charge in [-0.15, -0.1) is 0 Å². The van der Waals surface area contributed by atoms with Gasteiger partial charge in [0, 0.05) is 0 Å². The SMILES string of the molecule is CCOc1cc(/C=C2/NC(=O)N(Cc3ccc(C)cc3)C2=O)cc(Cl)c1O. The van der Waals surface area contributed by atoms with Crippen molar-refractivity contribution in [1.29, 1.82) is 0 Å². The van der Waals surface area contributed by atoms with Gasteiger partial charge >= 0.3 is 6.03 Å². The summed E-state index contributed by atoms with van der Waals surface area (Å²) in [7, 11) is 0. The molecule has 7 heteroatoms. The number of phenols is 1. The van der Waals surface area contributed by atoms with Crippen molar-refractivity contribution in [3.05, 3.63) is 63.8 Å². The average Bonchev–Trinajstić information content (AvgIpc) is 2.88. The van der Waals surface area contributed by atoms with E-state index in [1.807, 2.05) is 31.2 Å². The van der Waals surface area contributed by atoms with E-state index in [1.54, 1.807) is 13.0 Å². The molecule has 0 spiro atoms. The molecule has 0 bridgehead atoms. The summed E-state index contributed by atoms with van der Waals surface area (Å²) in [6.45, 7) is 4.28. The number of carbonyl (C=O) groups excluding carboxylic acids is 2. The van der Waals surface area contributed by atoms with Crippen molar-refractivity contribution in [2.45, 2.75) is 20.4 Å². The smallest absolute Gasteiger partial charge is 0.329 e. The third-order valence-corrected chi connectivity index (χ3v) is 4.37. The lowest BCUT2D eigenvalue weighted by molar-refractivity contribution is -0.123. The predicted octanol–water partition coefficient (Wildman–Crippen LogP) is 3.85. The molecule has 1 saturated heterocycles. The fraction of sp³-hybridized carbons (Fsp3) is 0.200. The third kappa shape index (κ3) is 4.06. The lowest BCUT2D eigenvalue weighted by Crippen LogP contribution is -2.30. The van der Waals surface area contributed by atoms with E-state index in [0.29, 0.717) is 12.2 Å². The fourth-order valence-corrected chi connectivity index (χ4v) is 2.92. The Morgan fingerprint density at radius 2 is 1.93 bits per heavy atom. The molecule has 3 rings (SSSR count). The zero-order valence-electron chi connectivity index (χ0n) is 15.0. The molecular formula is C20H19ClN2O4. The molecule has 27 heavy (non-hydrogen) atoms. The zero-order chi connectivity index (χ0) is 19.6. The molecule has 0 aromatic heterocycles. The van der Waals surface area contributed by atoms with Crippen molar-refractivity contribution >= 4 is 29.6 Å². The van der Waals surface area contributed by atoms with Crippen LogP contribution in [0.1, 0.15) is 23.6 Å². The molecule has 140 valence electrons. The summed E-state index contributed by atoms with van der Waals surface area (Å²) in [6.07, 6.45) is 1.50. The van der Waals surface area contributed by atoms with Crippen molar-refractivity contribution in [1.82, 2.24) is 10.2 Å². The van der Waals surface area contributed by atoms with Crippen LogP contribution in [-0.4, -0.2) is 28.6 Å². The fourth-order valence-electron chi connectivity index (χ4n) is 2.70. The highest BCUT2D eigenvalue weighted by molar-refractivity contribution is 6.32. The second kappa shape index (κ2) is 7.72. The monoisotopic (exact) mass is 386 g/mol. The summed E-state index contributed by atoms with van der Waals surface area (Å²) in [6, 6.07) is 10.2. The Morgan fingerprint density at radius 3 is 2.59 bits per heavy atom. The molecule has 1 heterocycles. The Morgan fingerprint density at radius 1 is 1.22 bits per heavy atom. The maximum Gasteiger partial charge on any atom is 0.329 e. The van der Waals surface area contributed by atoms with E-state index in [4.69, 9.17) is 16.3 Å². The van der Waals surface area contributed by atoms with Gasteiger partial charge in [-0.3, -0.25) is 9.69 Å². The Labute approximate surface area is 162 Å². The van der Waals surface area contributed by atoms with Crippen molar-refractivity contribution in [3.8, 4) is 11.5 Å². The van der Waals surface area contributed by atoms with Crippen LogP contribution in [-0.2, 0) is 11.3 Å². The van der Waals surface area contributed by atoms with Gasteiger partial charge in [0.15, 0.2) is 11.5 Å². The quantitative estimate of drug-likeness (QED) is 0.604. The van der Waals surface area contributed by atoms with Crippen LogP contribution in [0.2, 0.25) is 5.02 Å². The van der Waals surface area contributed by atoms with Gasteiger partial charge in [-0.2, -0.15) is 0 Å². The largest absolute Gasteiger partial charge is 0.503 e. The van der Waals surface area contributed by atoms with Gasteiger partial charge in [0.2, 0.25) is 0 Å². The zero-order valence-corrected chi connectivity index (χ0v) is 15.7. The Balaban J connectivity index is 1.85. The van der Waals surface area contributed by atoms with Gasteiger partial charge in [-0.05, 0) is 43.2 Å². The van der Waals surface area contributed by atoms with Gasteiger partial charge < -0.3 is 15.2 Å². The number of amides is 3. The molecule has 3 amide bonds. The van der Waals surface area contributed by atoms with Crippen LogP contribution in [0.5, 0.6) is 11.5 Å². The Kier molecular flexibility index (Phi) is 5.37. The molecule has 2 aromatic rings. The number of nitrogens with one attached hydrogen (secondary N) is 1. The summed E-state index contributed by atoms with van der Waals surface area (Å²) in [5, 5.41) is 12.6. The molecule has 0 saturated carbocycles. The summed E-state index contributed by atoms with van der Waals surface area (Å²) in [5.74, 6) is -0.378. The number of aromatic hydroxyl groups is 1. The van der Waals surface area contributed by atoms with E-state index in [-0.39, 0.29) is 28.8 Å². The number of rotatable bonds is 5. The Hall–Kier alpha value is -2.99. The van der Waals surface area contributed by atoms with Crippen LogP contribution in [0.3, 0.4) is 0 Å². The maximum atomic E-state index is 12.6. The molecule has 0 atom stereocenters. The van der Waals surface area contributed by atoms with E-state index < -0.39 is 11.9 Å². The second-order valence-electron chi connectivity index (χ2n) is 6.15. The van der Waals surface area contributed by atoms with Crippen LogP contribution >= 0.6 is 11.6 Å². The van der Waals surface area contributed by atoms with Gasteiger partial charge in [0.25, 0.3) is 5.91 Å². The highest BCUT2D eigenvalue weighted by Gasteiger charge is 2.33. The number of urea groups is 1. The van der Waals surface area contributed by atoms with Crippen molar-refractivity contribution < 1.29 is 19.4 Å². The number of carbonyl (C=O) groups is 2. The molecule has 2 N–H and O–H groups in total. The molecule has 1 aliphatic heterocycles. The first kappa shape index (κ1) is 18.8. The summed E-state index contributed by atoms with van der Waals surface area (Å²) < 4.78 is 5.33. The van der Waals surface area contributed by atoms with Gasteiger partial charge in [0.05, 0.1) is 18.2 Å². The molecule has 6 nitrogen and oxygen atoms in total. The van der Waals surface area contributed by atoms with Gasteiger partial charge in [-0.25, -0.2) is 4.79 Å².